The van der Waals surface area contributed by atoms with Crippen LogP contribution in [0, 0.1) is 5.92 Å². The zero-order chi connectivity index (χ0) is 17.2. The summed E-state index contributed by atoms with van der Waals surface area (Å²) in [4.78, 5) is 16.4. The van der Waals surface area contributed by atoms with Crippen molar-refractivity contribution in [3.8, 4) is 0 Å². The zero-order valence-electron chi connectivity index (χ0n) is 14.2. The van der Waals surface area contributed by atoms with E-state index in [-0.39, 0.29) is 5.92 Å². The lowest BCUT2D eigenvalue weighted by Crippen LogP contribution is -2.39. The highest BCUT2D eigenvalue weighted by atomic mass is 32.1. The van der Waals surface area contributed by atoms with E-state index in [1.165, 1.54) is 26.5 Å². The molecule has 5 heteroatoms. The summed E-state index contributed by atoms with van der Waals surface area (Å²) < 4.78 is 0. The number of carboxylic acids is 1. The fourth-order valence-corrected chi connectivity index (χ4v) is 6.02. The number of hydrogen-bond donors (Lipinski definition) is 1. The van der Waals surface area contributed by atoms with E-state index >= 15 is 0 Å². The van der Waals surface area contributed by atoms with Crippen LogP contribution in [0.2, 0.25) is 0 Å². The first kappa shape index (κ1) is 17.0. The fourth-order valence-electron chi connectivity index (χ4n) is 3.95. The minimum atomic E-state index is -0.640. The number of nitrogens with zero attached hydrogens (tertiary/aromatic N) is 1. The van der Waals surface area contributed by atoms with Crippen molar-refractivity contribution >= 4 is 34.2 Å². The van der Waals surface area contributed by atoms with Crippen molar-refractivity contribution in [1.82, 2.24) is 4.90 Å². The van der Waals surface area contributed by atoms with Crippen LogP contribution in [0.3, 0.4) is 0 Å². The van der Waals surface area contributed by atoms with Crippen LogP contribution in [-0.2, 0) is 17.6 Å². The molecule has 2 aromatic heterocycles. The Bertz CT molecular complexity index is 745. The van der Waals surface area contributed by atoms with Crippen LogP contribution in [-0.4, -0.2) is 35.6 Å². The largest absolute Gasteiger partial charge is 0.481 e. The third-order valence-electron chi connectivity index (χ3n) is 5.30. The van der Waals surface area contributed by atoms with E-state index in [0.717, 1.165) is 45.2 Å². The number of fused-ring (bicyclic) bond motifs is 2. The number of piperidine rings is 1. The monoisotopic (exact) mass is 373 g/mol. The SMILES string of the molecule is O=C(O)C1CCCN(CCC=C2c3sccc3CCc3ccsc32)C1. The normalized spacial score (nSPS) is 20.6. The predicted molar refractivity (Wildman–Crippen MR) is 105 cm³/mol. The fraction of sp³-hybridized carbons (Fsp3) is 0.450. The second kappa shape index (κ2) is 7.44. The van der Waals surface area contributed by atoms with Crippen LogP contribution in [0.1, 0.15) is 40.1 Å². The number of carboxylic acid groups (broad SMARTS) is 1. The minimum absolute atomic E-state index is 0.188. The van der Waals surface area contributed by atoms with Gasteiger partial charge in [-0.3, -0.25) is 4.79 Å². The Morgan fingerprint density at radius 1 is 1.20 bits per heavy atom. The van der Waals surface area contributed by atoms with Gasteiger partial charge in [-0.2, -0.15) is 0 Å². The molecule has 1 unspecified atom stereocenters. The van der Waals surface area contributed by atoms with Crippen molar-refractivity contribution in [1.29, 1.82) is 0 Å². The second-order valence-electron chi connectivity index (χ2n) is 6.93. The van der Waals surface area contributed by atoms with Crippen molar-refractivity contribution in [2.24, 2.45) is 5.92 Å². The number of rotatable bonds is 4. The van der Waals surface area contributed by atoms with E-state index in [1.54, 1.807) is 0 Å². The highest BCUT2D eigenvalue weighted by Gasteiger charge is 2.25. The molecule has 1 aliphatic carbocycles. The summed E-state index contributed by atoms with van der Waals surface area (Å²) in [6, 6.07) is 4.54. The Balaban J connectivity index is 1.50. The standard InChI is InChI=1S/C20H23NO2S2/c22-20(23)16-3-1-9-21(13-16)10-2-4-17-18-14(7-11-24-18)5-6-15-8-12-25-19(15)17/h4,7-8,11-12,16H,1-3,5-6,9-10,13H2,(H,22,23). The van der Waals surface area contributed by atoms with Crippen molar-refractivity contribution < 1.29 is 9.90 Å². The number of carbonyl (C=O) groups is 1. The summed E-state index contributed by atoms with van der Waals surface area (Å²) in [6.07, 6.45) is 7.46. The second-order valence-corrected chi connectivity index (χ2v) is 8.77. The summed E-state index contributed by atoms with van der Waals surface area (Å²) in [5.41, 5.74) is 4.35. The molecule has 3 heterocycles. The molecule has 0 spiro atoms. The molecule has 2 aromatic rings. The van der Waals surface area contributed by atoms with Crippen molar-refractivity contribution in [3.05, 3.63) is 49.9 Å². The summed E-state index contributed by atoms with van der Waals surface area (Å²) in [5.74, 6) is -0.828. The molecule has 0 amide bonds. The average molecular weight is 374 g/mol. The molecule has 132 valence electrons. The van der Waals surface area contributed by atoms with Gasteiger partial charge in [0.25, 0.3) is 0 Å². The molecule has 2 aliphatic rings. The van der Waals surface area contributed by atoms with Gasteiger partial charge in [0.05, 0.1) is 5.92 Å². The third kappa shape index (κ3) is 3.59. The van der Waals surface area contributed by atoms with E-state index in [2.05, 4.69) is 33.9 Å². The molecule has 4 rings (SSSR count). The van der Waals surface area contributed by atoms with Gasteiger partial charge in [0, 0.05) is 28.4 Å². The van der Waals surface area contributed by atoms with E-state index in [1.807, 2.05) is 22.7 Å². The minimum Gasteiger partial charge on any atom is -0.481 e. The van der Waals surface area contributed by atoms with Crippen LogP contribution in [0.5, 0.6) is 0 Å². The average Bonchev–Trinajstić information content (AvgIpc) is 3.24. The molecule has 1 fully saturated rings. The van der Waals surface area contributed by atoms with Crippen LogP contribution in [0.4, 0.5) is 0 Å². The highest BCUT2D eigenvalue weighted by Crippen LogP contribution is 2.39. The Hall–Kier alpha value is -1.43. The molecular weight excluding hydrogens is 350 g/mol. The Morgan fingerprint density at radius 3 is 2.52 bits per heavy atom. The number of aryl methyl sites for hydroxylation is 2. The lowest BCUT2D eigenvalue weighted by Gasteiger charge is -2.30. The molecule has 0 saturated carbocycles. The van der Waals surface area contributed by atoms with Gasteiger partial charge in [0.2, 0.25) is 0 Å². The summed E-state index contributed by atoms with van der Waals surface area (Å²) in [7, 11) is 0. The Morgan fingerprint density at radius 2 is 1.88 bits per heavy atom. The lowest BCUT2D eigenvalue weighted by atomic mass is 9.98. The van der Waals surface area contributed by atoms with E-state index in [4.69, 9.17) is 0 Å². The maximum absolute atomic E-state index is 11.2. The molecule has 0 bridgehead atoms. The first-order valence-electron chi connectivity index (χ1n) is 9.01. The predicted octanol–water partition coefficient (Wildman–Crippen LogP) is 4.53. The Kier molecular flexibility index (Phi) is 5.06. The van der Waals surface area contributed by atoms with Gasteiger partial charge in [0.15, 0.2) is 0 Å². The van der Waals surface area contributed by atoms with Crippen molar-refractivity contribution in [3.63, 3.8) is 0 Å². The summed E-state index contributed by atoms with van der Waals surface area (Å²) >= 11 is 3.70. The quantitative estimate of drug-likeness (QED) is 0.856. The van der Waals surface area contributed by atoms with Gasteiger partial charge in [-0.25, -0.2) is 0 Å². The number of aliphatic carboxylic acids is 1. The van der Waals surface area contributed by atoms with E-state index < -0.39 is 5.97 Å². The van der Waals surface area contributed by atoms with Crippen LogP contribution >= 0.6 is 22.7 Å². The summed E-state index contributed by atoms with van der Waals surface area (Å²) in [5, 5.41) is 13.7. The van der Waals surface area contributed by atoms with Gasteiger partial charge in [0.1, 0.15) is 0 Å². The van der Waals surface area contributed by atoms with Crippen LogP contribution < -0.4 is 0 Å². The lowest BCUT2D eigenvalue weighted by molar-refractivity contribution is -0.143. The van der Waals surface area contributed by atoms with Gasteiger partial charge < -0.3 is 10.0 Å². The van der Waals surface area contributed by atoms with Gasteiger partial charge in [-0.05, 0) is 72.7 Å². The third-order valence-corrected chi connectivity index (χ3v) is 7.27. The van der Waals surface area contributed by atoms with E-state index in [9.17, 15) is 9.90 Å². The van der Waals surface area contributed by atoms with Crippen LogP contribution in [0.25, 0.3) is 5.57 Å². The van der Waals surface area contributed by atoms with Crippen molar-refractivity contribution in [2.75, 3.05) is 19.6 Å². The Labute approximate surface area is 156 Å². The van der Waals surface area contributed by atoms with Crippen molar-refractivity contribution in [2.45, 2.75) is 32.1 Å². The zero-order valence-corrected chi connectivity index (χ0v) is 15.9. The smallest absolute Gasteiger partial charge is 0.307 e. The molecule has 0 aromatic carbocycles. The molecule has 3 nitrogen and oxygen atoms in total. The maximum atomic E-state index is 11.2. The molecule has 1 saturated heterocycles. The molecule has 1 N–H and O–H groups in total. The number of hydrogen-bond acceptors (Lipinski definition) is 4. The van der Waals surface area contributed by atoms with E-state index in [0.29, 0.717) is 6.54 Å². The van der Waals surface area contributed by atoms with Gasteiger partial charge in [-0.1, -0.05) is 6.08 Å². The first-order chi connectivity index (χ1) is 12.2. The molecule has 1 atom stereocenters. The van der Waals surface area contributed by atoms with Gasteiger partial charge >= 0.3 is 5.97 Å². The first-order valence-corrected chi connectivity index (χ1v) is 10.8. The number of thiophene rings is 2. The topological polar surface area (TPSA) is 40.5 Å². The molecule has 0 radical (unpaired) electrons. The van der Waals surface area contributed by atoms with Crippen LogP contribution in [0.15, 0.2) is 29.0 Å². The van der Waals surface area contributed by atoms with Gasteiger partial charge in [-0.15, -0.1) is 22.7 Å². The summed E-state index contributed by atoms with van der Waals surface area (Å²) in [6.45, 7) is 2.68. The number of likely N-dealkylation sites (tertiary alicyclic amines) is 1. The highest BCUT2D eigenvalue weighted by molar-refractivity contribution is 7.14. The molecule has 25 heavy (non-hydrogen) atoms. The molecular formula is C20H23NO2S2. The maximum Gasteiger partial charge on any atom is 0.307 e. The molecule has 1 aliphatic heterocycles.